The summed E-state index contributed by atoms with van der Waals surface area (Å²) in [6.45, 7) is 5.05. The van der Waals surface area contributed by atoms with Crippen molar-refractivity contribution in [3.05, 3.63) is 23.8 Å². The molecule has 0 aliphatic carbocycles. The molecule has 0 saturated heterocycles. The number of hydrogen-bond donors (Lipinski definition) is 1. The monoisotopic (exact) mass is 253 g/mol. The Labute approximate surface area is 105 Å². The highest BCUT2D eigenvalue weighted by Gasteiger charge is 2.37. The van der Waals surface area contributed by atoms with E-state index in [0.717, 1.165) is 29.2 Å². The van der Waals surface area contributed by atoms with E-state index in [2.05, 4.69) is 19.2 Å². The normalized spacial score (nSPS) is 26.9. The van der Waals surface area contributed by atoms with Crippen molar-refractivity contribution in [3.63, 3.8) is 0 Å². The van der Waals surface area contributed by atoms with Gasteiger partial charge >= 0.3 is 0 Å². The molecule has 1 N–H and O–H groups in total. The van der Waals surface area contributed by atoms with E-state index in [0.29, 0.717) is 0 Å². The van der Waals surface area contributed by atoms with Crippen LogP contribution in [-0.4, -0.2) is 23.1 Å². The van der Waals surface area contributed by atoms with Crippen molar-refractivity contribution in [1.82, 2.24) is 5.32 Å². The van der Waals surface area contributed by atoms with E-state index < -0.39 is 10.8 Å². The Balaban J connectivity index is 2.44. The summed E-state index contributed by atoms with van der Waals surface area (Å²) >= 11 is 0. The van der Waals surface area contributed by atoms with Crippen LogP contribution in [0.5, 0.6) is 5.75 Å². The number of ether oxygens (including phenoxy) is 1. The molecule has 0 aromatic heterocycles. The molecule has 3 nitrogen and oxygen atoms in total. The van der Waals surface area contributed by atoms with Gasteiger partial charge in [-0.25, -0.2) is 0 Å². The molecule has 1 heterocycles. The third-order valence-electron chi connectivity index (χ3n) is 3.24. The van der Waals surface area contributed by atoms with Gasteiger partial charge in [0.2, 0.25) is 0 Å². The van der Waals surface area contributed by atoms with E-state index >= 15 is 0 Å². The molecule has 2 rings (SSSR count). The molecule has 94 valence electrons. The SMILES string of the molecule is CCNC1c2cc(OC)ccc2S(=O)C1CC. The number of rotatable bonds is 4. The summed E-state index contributed by atoms with van der Waals surface area (Å²) in [6, 6.07) is 6.02. The average Bonchev–Trinajstić information content (AvgIpc) is 2.62. The molecular weight excluding hydrogens is 234 g/mol. The maximum Gasteiger partial charge on any atom is 0.119 e. The lowest BCUT2D eigenvalue weighted by Crippen LogP contribution is -2.29. The molecule has 0 spiro atoms. The molecule has 1 aliphatic heterocycles. The molecule has 0 radical (unpaired) electrons. The van der Waals surface area contributed by atoms with Crippen molar-refractivity contribution in [2.45, 2.75) is 36.5 Å². The summed E-state index contributed by atoms with van der Waals surface area (Å²) in [5, 5.41) is 3.61. The van der Waals surface area contributed by atoms with Gasteiger partial charge in [0.15, 0.2) is 0 Å². The van der Waals surface area contributed by atoms with Crippen LogP contribution in [0.4, 0.5) is 0 Å². The molecule has 1 aromatic rings. The van der Waals surface area contributed by atoms with Crippen LogP contribution in [0.1, 0.15) is 31.9 Å². The molecule has 3 atom stereocenters. The zero-order valence-electron chi connectivity index (χ0n) is 10.5. The Morgan fingerprint density at radius 3 is 2.76 bits per heavy atom. The van der Waals surface area contributed by atoms with Crippen LogP contribution >= 0.6 is 0 Å². The maximum absolute atomic E-state index is 12.3. The molecule has 0 amide bonds. The van der Waals surface area contributed by atoms with Crippen LogP contribution in [0.2, 0.25) is 0 Å². The largest absolute Gasteiger partial charge is 0.497 e. The molecular formula is C13H19NO2S. The molecule has 1 aromatic carbocycles. The topological polar surface area (TPSA) is 38.3 Å². The van der Waals surface area contributed by atoms with Crippen LogP contribution in [-0.2, 0) is 10.8 Å². The van der Waals surface area contributed by atoms with Gasteiger partial charge in [-0.3, -0.25) is 4.21 Å². The van der Waals surface area contributed by atoms with Gasteiger partial charge in [0, 0.05) is 10.9 Å². The molecule has 1 aliphatic rings. The van der Waals surface area contributed by atoms with Crippen LogP contribution in [0.15, 0.2) is 23.1 Å². The highest BCUT2D eigenvalue weighted by Crippen LogP contribution is 2.39. The fourth-order valence-electron chi connectivity index (χ4n) is 2.42. The van der Waals surface area contributed by atoms with Crippen molar-refractivity contribution in [3.8, 4) is 5.75 Å². The Morgan fingerprint density at radius 1 is 1.41 bits per heavy atom. The maximum atomic E-state index is 12.3. The van der Waals surface area contributed by atoms with E-state index in [-0.39, 0.29) is 11.3 Å². The van der Waals surface area contributed by atoms with Crippen LogP contribution < -0.4 is 10.1 Å². The minimum Gasteiger partial charge on any atom is -0.497 e. The number of benzene rings is 1. The summed E-state index contributed by atoms with van der Waals surface area (Å²) in [4.78, 5) is 0.962. The van der Waals surface area contributed by atoms with Crippen LogP contribution in [0.3, 0.4) is 0 Å². The lowest BCUT2D eigenvalue weighted by molar-refractivity contribution is 0.412. The zero-order chi connectivity index (χ0) is 12.4. The highest BCUT2D eigenvalue weighted by molar-refractivity contribution is 7.86. The number of methoxy groups -OCH3 is 1. The van der Waals surface area contributed by atoms with Crippen molar-refractivity contribution >= 4 is 10.8 Å². The highest BCUT2D eigenvalue weighted by atomic mass is 32.2. The Bertz CT molecular complexity index is 433. The second kappa shape index (κ2) is 5.19. The van der Waals surface area contributed by atoms with Gasteiger partial charge in [-0.1, -0.05) is 13.8 Å². The number of fused-ring (bicyclic) bond motifs is 1. The fourth-order valence-corrected chi connectivity index (χ4v) is 4.15. The third-order valence-corrected chi connectivity index (χ3v) is 5.20. The molecule has 0 saturated carbocycles. The van der Waals surface area contributed by atoms with Gasteiger partial charge in [0.05, 0.1) is 23.2 Å². The van der Waals surface area contributed by atoms with Crippen molar-refractivity contribution in [2.24, 2.45) is 0 Å². The summed E-state index contributed by atoms with van der Waals surface area (Å²) in [6.07, 6.45) is 0.918. The Hall–Kier alpha value is -0.870. The summed E-state index contributed by atoms with van der Waals surface area (Å²) in [5.74, 6) is 0.834. The second-order valence-electron chi connectivity index (χ2n) is 4.18. The predicted octanol–water partition coefficient (Wildman–Crippen LogP) is 2.25. The van der Waals surface area contributed by atoms with E-state index in [4.69, 9.17) is 4.74 Å². The zero-order valence-corrected chi connectivity index (χ0v) is 11.3. The van der Waals surface area contributed by atoms with Gasteiger partial charge in [-0.2, -0.15) is 0 Å². The van der Waals surface area contributed by atoms with Crippen molar-refractivity contribution in [2.75, 3.05) is 13.7 Å². The van der Waals surface area contributed by atoms with Crippen molar-refractivity contribution < 1.29 is 8.95 Å². The van der Waals surface area contributed by atoms with E-state index in [1.165, 1.54) is 0 Å². The van der Waals surface area contributed by atoms with E-state index in [1.54, 1.807) is 7.11 Å². The van der Waals surface area contributed by atoms with E-state index in [9.17, 15) is 4.21 Å². The minimum absolute atomic E-state index is 0.178. The Kier molecular flexibility index (Phi) is 3.84. The predicted molar refractivity (Wildman–Crippen MR) is 69.9 cm³/mol. The molecule has 0 fully saturated rings. The first-order valence-electron chi connectivity index (χ1n) is 6.04. The first kappa shape index (κ1) is 12.6. The van der Waals surface area contributed by atoms with Gasteiger partial charge < -0.3 is 10.1 Å². The van der Waals surface area contributed by atoms with Crippen molar-refractivity contribution in [1.29, 1.82) is 0 Å². The second-order valence-corrected chi connectivity index (χ2v) is 5.82. The smallest absolute Gasteiger partial charge is 0.119 e. The van der Waals surface area contributed by atoms with E-state index in [1.807, 2.05) is 18.2 Å². The number of nitrogens with one attached hydrogen (secondary N) is 1. The standard InChI is InChI=1S/C13H19NO2S/c1-4-11-13(14-5-2)10-8-9(16-3)6-7-12(10)17(11)15/h6-8,11,13-14H,4-5H2,1-3H3. The van der Waals surface area contributed by atoms with Gasteiger partial charge in [0.25, 0.3) is 0 Å². The average molecular weight is 253 g/mol. The first-order chi connectivity index (χ1) is 8.22. The van der Waals surface area contributed by atoms with Crippen LogP contribution in [0.25, 0.3) is 0 Å². The van der Waals surface area contributed by atoms with Gasteiger partial charge in [-0.05, 0) is 36.7 Å². The van der Waals surface area contributed by atoms with Crippen LogP contribution in [0, 0.1) is 0 Å². The molecule has 17 heavy (non-hydrogen) atoms. The summed E-state index contributed by atoms with van der Waals surface area (Å²) < 4.78 is 17.6. The third kappa shape index (κ3) is 2.11. The first-order valence-corrected chi connectivity index (χ1v) is 7.26. The molecule has 4 heteroatoms. The quantitative estimate of drug-likeness (QED) is 0.894. The summed E-state index contributed by atoms with van der Waals surface area (Å²) in [5.41, 5.74) is 1.14. The Morgan fingerprint density at radius 2 is 2.18 bits per heavy atom. The summed E-state index contributed by atoms with van der Waals surface area (Å²) in [7, 11) is 0.764. The lowest BCUT2D eigenvalue weighted by atomic mass is 10.0. The fraction of sp³-hybridized carbons (Fsp3) is 0.538. The molecule has 0 bridgehead atoms. The minimum atomic E-state index is -0.895. The van der Waals surface area contributed by atoms with Gasteiger partial charge in [-0.15, -0.1) is 0 Å². The lowest BCUT2D eigenvalue weighted by Gasteiger charge is -2.18. The van der Waals surface area contributed by atoms with Gasteiger partial charge in [0.1, 0.15) is 5.75 Å². The molecule has 3 unspecified atom stereocenters. The number of hydrogen-bond acceptors (Lipinski definition) is 3.